The van der Waals surface area contributed by atoms with Crippen molar-refractivity contribution < 1.29 is 17.6 Å². The number of nitrogens with two attached hydrogens (primary N) is 1. The number of amides is 1. The lowest BCUT2D eigenvalue weighted by Crippen LogP contribution is -2.56. The molecule has 6 nitrogen and oxygen atoms in total. The van der Waals surface area contributed by atoms with Crippen LogP contribution in [0.1, 0.15) is 32.6 Å². The topological polar surface area (TPSA) is 92.5 Å². The predicted molar refractivity (Wildman–Crippen MR) is 103 cm³/mol. The predicted octanol–water partition coefficient (Wildman–Crippen LogP) is 1.89. The highest BCUT2D eigenvalue weighted by Crippen LogP contribution is 2.39. The molecule has 2 atom stereocenters. The summed E-state index contributed by atoms with van der Waals surface area (Å²) < 4.78 is 40.0. The van der Waals surface area contributed by atoms with Crippen LogP contribution in [0.2, 0.25) is 0 Å². The summed E-state index contributed by atoms with van der Waals surface area (Å²) in [5.74, 6) is -0.618. The first kappa shape index (κ1) is 22.1. The summed E-state index contributed by atoms with van der Waals surface area (Å²) in [6.07, 6.45) is 3.38. The molecule has 152 valence electrons. The normalized spacial score (nSPS) is 23.1. The Morgan fingerprint density at radius 1 is 1.30 bits per heavy atom. The first-order valence-electron chi connectivity index (χ1n) is 9.04. The Hall–Kier alpha value is -1.22. The van der Waals surface area contributed by atoms with Gasteiger partial charge in [0.2, 0.25) is 15.9 Å². The standard InChI is InChI=1S/C18H26FN3O3S.ClH/c1-18(12-20,14-4-5-14)21-17(23)13-3-2-10-22(11-13)26(24,25)16-8-6-15(19)7-9-16;/h6-9,13-14H,2-5,10-12,20H2,1H3,(H,21,23);1H. The Kier molecular flexibility index (Phi) is 6.89. The number of hydrogen-bond donors (Lipinski definition) is 2. The Balaban J connectivity index is 0.00000261. The number of hydrogen-bond acceptors (Lipinski definition) is 4. The van der Waals surface area contributed by atoms with Crippen LogP contribution < -0.4 is 11.1 Å². The molecule has 1 heterocycles. The molecule has 3 rings (SSSR count). The third kappa shape index (κ3) is 4.80. The minimum absolute atomic E-state index is 0. The monoisotopic (exact) mass is 419 g/mol. The molecule has 1 saturated heterocycles. The molecule has 3 N–H and O–H groups in total. The van der Waals surface area contributed by atoms with Gasteiger partial charge in [-0.2, -0.15) is 4.31 Å². The van der Waals surface area contributed by atoms with Gasteiger partial charge in [0.1, 0.15) is 5.82 Å². The van der Waals surface area contributed by atoms with E-state index in [9.17, 15) is 17.6 Å². The Bertz CT molecular complexity index is 771. The van der Waals surface area contributed by atoms with E-state index in [1.807, 2.05) is 6.92 Å². The fraction of sp³-hybridized carbons (Fsp3) is 0.611. The number of carbonyl (C=O) groups is 1. The smallest absolute Gasteiger partial charge is 0.243 e. The lowest BCUT2D eigenvalue weighted by Gasteiger charge is -2.35. The van der Waals surface area contributed by atoms with Crippen LogP contribution in [0.15, 0.2) is 29.2 Å². The molecule has 27 heavy (non-hydrogen) atoms. The third-order valence-electron chi connectivity index (χ3n) is 5.52. The van der Waals surface area contributed by atoms with Crippen molar-refractivity contribution in [2.45, 2.75) is 43.0 Å². The fourth-order valence-corrected chi connectivity index (χ4v) is 5.08. The zero-order chi connectivity index (χ0) is 18.9. The summed E-state index contributed by atoms with van der Waals surface area (Å²) in [6, 6.07) is 4.77. The second-order valence-electron chi connectivity index (χ2n) is 7.54. The van der Waals surface area contributed by atoms with Gasteiger partial charge in [-0.3, -0.25) is 4.79 Å². The van der Waals surface area contributed by atoms with Gasteiger partial charge < -0.3 is 11.1 Å². The Morgan fingerprint density at radius 2 is 1.93 bits per heavy atom. The van der Waals surface area contributed by atoms with E-state index in [0.29, 0.717) is 31.8 Å². The van der Waals surface area contributed by atoms with Gasteiger partial charge in [0.15, 0.2) is 0 Å². The van der Waals surface area contributed by atoms with Crippen molar-refractivity contribution in [3.05, 3.63) is 30.1 Å². The molecule has 2 fully saturated rings. The van der Waals surface area contributed by atoms with Crippen molar-refractivity contribution in [1.82, 2.24) is 9.62 Å². The van der Waals surface area contributed by atoms with Crippen LogP contribution in [0.3, 0.4) is 0 Å². The van der Waals surface area contributed by atoms with Crippen LogP contribution in [0.25, 0.3) is 0 Å². The number of rotatable bonds is 6. The van der Waals surface area contributed by atoms with E-state index in [1.165, 1.54) is 16.4 Å². The van der Waals surface area contributed by atoms with E-state index in [2.05, 4.69) is 5.32 Å². The molecule has 0 radical (unpaired) electrons. The molecule has 2 unspecified atom stereocenters. The summed E-state index contributed by atoms with van der Waals surface area (Å²) in [5.41, 5.74) is 5.44. The first-order valence-corrected chi connectivity index (χ1v) is 10.5. The average Bonchev–Trinajstić information content (AvgIpc) is 3.48. The summed E-state index contributed by atoms with van der Waals surface area (Å²) >= 11 is 0. The number of carbonyl (C=O) groups excluding carboxylic acids is 1. The number of benzene rings is 1. The number of nitrogens with zero attached hydrogens (tertiary/aromatic N) is 1. The molecule has 0 aromatic heterocycles. The van der Waals surface area contributed by atoms with Gasteiger partial charge in [-0.15, -0.1) is 12.4 Å². The van der Waals surface area contributed by atoms with Gasteiger partial charge in [-0.05, 0) is 62.8 Å². The summed E-state index contributed by atoms with van der Waals surface area (Å²) in [4.78, 5) is 12.8. The molecule has 1 aromatic carbocycles. The van der Waals surface area contributed by atoms with Crippen molar-refractivity contribution in [2.75, 3.05) is 19.6 Å². The quantitative estimate of drug-likeness (QED) is 0.736. The van der Waals surface area contributed by atoms with E-state index in [1.54, 1.807) is 0 Å². The molecule has 9 heteroatoms. The molecule has 1 saturated carbocycles. The van der Waals surface area contributed by atoms with Crippen molar-refractivity contribution in [2.24, 2.45) is 17.6 Å². The van der Waals surface area contributed by atoms with Crippen LogP contribution in [-0.2, 0) is 14.8 Å². The van der Waals surface area contributed by atoms with E-state index >= 15 is 0 Å². The Labute approximate surface area is 166 Å². The van der Waals surface area contributed by atoms with Gasteiger partial charge in [-0.25, -0.2) is 12.8 Å². The van der Waals surface area contributed by atoms with Gasteiger partial charge in [0, 0.05) is 19.6 Å². The highest BCUT2D eigenvalue weighted by molar-refractivity contribution is 7.89. The SMILES string of the molecule is CC(CN)(NC(=O)C1CCCN(S(=O)(=O)c2ccc(F)cc2)C1)C1CC1.Cl. The fourth-order valence-electron chi connectivity index (χ4n) is 3.55. The summed E-state index contributed by atoms with van der Waals surface area (Å²) in [6.45, 7) is 2.82. The van der Waals surface area contributed by atoms with Gasteiger partial charge in [-0.1, -0.05) is 0 Å². The second-order valence-corrected chi connectivity index (χ2v) is 9.48. The lowest BCUT2D eigenvalue weighted by atomic mass is 9.92. The number of piperidine rings is 1. The van der Waals surface area contributed by atoms with Gasteiger partial charge in [0.25, 0.3) is 0 Å². The van der Waals surface area contributed by atoms with Crippen LogP contribution >= 0.6 is 12.4 Å². The Morgan fingerprint density at radius 3 is 2.48 bits per heavy atom. The number of sulfonamides is 1. The van der Waals surface area contributed by atoms with Crippen LogP contribution in [0.5, 0.6) is 0 Å². The van der Waals surface area contributed by atoms with E-state index in [0.717, 1.165) is 25.0 Å². The number of nitrogens with one attached hydrogen (secondary N) is 1. The lowest BCUT2D eigenvalue weighted by molar-refractivity contribution is -0.128. The molecule has 0 bridgehead atoms. The van der Waals surface area contributed by atoms with Gasteiger partial charge >= 0.3 is 0 Å². The van der Waals surface area contributed by atoms with Crippen LogP contribution in [0.4, 0.5) is 4.39 Å². The third-order valence-corrected chi connectivity index (χ3v) is 7.40. The molecular formula is C18H27ClFN3O3S. The minimum Gasteiger partial charge on any atom is -0.349 e. The van der Waals surface area contributed by atoms with Crippen molar-refractivity contribution in [1.29, 1.82) is 0 Å². The van der Waals surface area contributed by atoms with Crippen LogP contribution in [-0.4, -0.2) is 43.8 Å². The minimum atomic E-state index is -3.74. The molecule has 0 spiro atoms. The molecular weight excluding hydrogens is 393 g/mol. The van der Waals surface area contributed by atoms with Crippen LogP contribution in [0, 0.1) is 17.7 Å². The summed E-state index contributed by atoms with van der Waals surface area (Å²) in [5, 5.41) is 3.06. The maximum Gasteiger partial charge on any atom is 0.243 e. The van der Waals surface area contributed by atoms with E-state index < -0.39 is 27.3 Å². The maximum absolute atomic E-state index is 13.1. The zero-order valence-electron chi connectivity index (χ0n) is 15.4. The molecule has 1 aromatic rings. The van der Waals surface area contributed by atoms with E-state index in [-0.39, 0.29) is 29.8 Å². The highest BCUT2D eigenvalue weighted by Gasteiger charge is 2.43. The molecule has 1 aliphatic carbocycles. The zero-order valence-corrected chi connectivity index (χ0v) is 17.0. The second kappa shape index (κ2) is 8.43. The molecule has 2 aliphatic rings. The number of halogens is 2. The molecule has 1 amide bonds. The molecule has 1 aliphatic heterocycles. The van der Waals surface area contributed by atoms with Gasteiger partial charge in [0.05, 0.1) is 16.4 Å². The average molecular weight is 420 g/mol. The first-order chi connectivity index (χ1) is 12.3. The summed E-state index contributed by atoms with van der Waals surface area (Å²) in [7, 11) is -3.74. The van der Waals surface area contributed by atoms with Crippen molar-refractivity contribution in [3.63, 3.8) is 0 Å². The van der Waals surface area contributed by atoms with E-state index in [4.69, 9.17) is 5.73 Å². The largest absolute Gasteiger partial charge is 0.349 e. The highest BCUT2D eigenvalue weighted by atomic mass is 35.5. The van der Waals surface area contributed by atoms with Crippen molar-refractivity contribution >= 4 is 28.3 Å². The van der Waals surface area contributed by atoms with Crippen molar-refractivity contribution in [3.8, 4) is 0 Å². The maximum atomic E-state index is 13.1.